The fraction of sp³-hybridized carbons (Fsp3) is 0.545. The van der Waals surface area contributed by atoms with Crippen LogP contribution in [-0.2, 0) is 19.1 Å². The van der Waals surface area contributed by atoms with Gasteiger partial charge >= 0.3 is 12.1 Å². The third-order valence-corrected chi connectivity index (χ3v) is 6.68. The number of hydrogen-bond donors (Lipinski definition) is 4. The predicted octanol–water partition coefficient (Wildman–Crippen LogP) is 5.46. The SMILES string of the molecule is CC(C)=CC(=O)N/C=C/C(C)=C/[C@H](C)[C@H]1C/C(C)=C/C=C/CC[C@@H](OC(N)=O)[C@H](O)CC[C@H](O)CCC/C=C/C(=O)O1. The van der Waals surface area contributed by atoms with E-state index in [-0.39, 0.29) is 18.2 Å². The van der Waals surface area contributed by atoms with E-state index < -0.39 is 36.5 Å². The third-order valence-electron chi connectivity index (χ3n) is 6.68. The summed E-state index contributed by atoms with van der Waals surface area (Å²) in [4.78, 5) is 35.8. The number of aliphatic hydroxyl groups is 2. The second-order valence-electron chi connectivity index (χ2n) is 11.1. The first-order valence-corrected chi connectivity index (χ1v) is 14.7. The maximum Gasteiger partial charge on any atom is 0.404 e. The minimum atomic E-state index is -0.941. The van der Waals surface area contributed by atoms with Gasteiger partial charge in [-0.15, -0.1) is 0 Å². The molecule has 9 heteroatoms. The van der Waals surface area contributed by atoms with Gasteiger partial charge in [-0.25, -0.2) is 9.59 Å². The van der Waals surface area contributed by atoms with Crippen LogP contribution in [0.2, 0.25) is 0 Å². The zero-order chi connectivity index (χ0) is 31.5. The van der Waals surface area contributed by atoms with E-state index in [2.05, 4.69) is 5.32 Å². The summed E-state index contributed by atoms with van der Waals surface area (Å²) in [5.74, 6) is -0.739. The molecule has 0 aromatic rings. The number of esters is 1. The smallest absolute Gasteiger partial charge is 0.404 e. The third kappa shape index (κ3) is 17.4. The number of allylic oxidation sites excluding steroid dienone is 7. The Hall–Kier alpha value is -3.43. The molecule has 1 rings (SSSR count). The molecule has 0 fully saturated rings. The highest BCUT2D eigenvalue weighted by Crippen LogP contribution is 2.21. The molecule has 1 aliphatic heterocycles. The molecule has 1 heterocycles. The molecule has 1 aliphatic rings. The Kier molecular flexibility index (Phi) is 17.8. The highest BCUT2D eigenvalue weighted by atomic mass is 16.6. The van der Waals surface area contributed by atoms with E-state index in [1.165, 1.54) is 12.2 Å². The topological polar surface area (TPSA) is 148 Å². The molecule has 0 saturated heterocycles. The molecule has 234 valence electrons. The number of nitrogens with one attached hydrogen (secondary N) is 1. The maximum atomic E-state index is 12.7. The normalized spacial score (nSPS) is 27.5. The second kappa shape index (κ2) is 20.4. The first-order chi connectivity index (χ1) is 19.9. The molecular weight excluding hydrogens is 536 g/mol. The van der Waals surface area contributed by atoms with Crippen LogP contribution in [0.5, 0.6) is 0 Å². The summed E-state index contributed by atoms with van der Waals surface area (Å²) in [6.45, 7) is 9.56. The standard InChI is InChI=1S/C33H50N2O7/c1-23(2)20-31(38)35-19-18-25(4)21-26(5)30-22-24(3)12-8-6-10-14-29(42-33(34)40)28(37)17-16-27(36)13-9-7-11-15-32(39)41-30/h6,8,11-12,15,18-21,26-30,36-37H,7,9-10,13-14,16-17,22H2,1-5H3,(H2,34,40)(H,35,38)/b8-6+,15-11+,19-18+,24-12+,25-21+/t26-,27+,28+,29+,30+/m0/s1. The molecule has 0 radical (unpaired) electrons. The minimum Gasteiger partial charge on any atom is -0.458 e. The van der Waals surface area contributed by atoms with Crippen molar-refractivity contribution in [2.75, 3.05) is 0 Å². The maximum absolute atomic E-state index is 12.7. The molecule has 0 bridgehead atoms. The summed E-state index contributed by atoms with van der Waals surface area (Å²) in [5, 5.41) is 23.6. The summed E-state index contributed by atoms with van der Waals surface area (Å²) in [5.41, 5.74) is 8.02. The van der Waals surface area contributed by atoms with Gasteiger partial charge in [0.25, 0.3) is 0 Å². The minimum absolute atomic E-state index is 0.117. The lowest BCUT2D eigenvalue weighted by atomic mass is 9.95. The van der Waals surface area contributed by atoms with E-state index in [4.69, 9.17) is 15.2 Å². The Morgan fingerprint density at radius 1 is 1.12 bits per heavy atom. The van der Waals surface area contributed by atoms with Crippen LogP contribution in [-0.4, -0.2) is 52.6 Å². The molecule has 0 aromatic heterocycles. The lowest BCUT2D eigenvalue weighted by Gasteiger charge is -2.23. The van der Waals surface area contributed by atoms with Crippen molar-refractivity contribution in [1.82, 2.24) is 5.32 Å². The number of cyclic esters (lactones) is 1. The Bertz CT molecular complexity index is 1050. The van der Waals surface area contributed by atoms with Crippen molar-refractivity contribution < 1.29 is 34.1 Å². The number of aliphatic hydroxyl groups excluding tert-OH is 2. The Morgan fingerprint density at radius 3 is 2.55 bits per heavy atom. The fourth-order valence-corrected chi connectivity index (χ4v) is 4.46. The van der Waals surface area contributed by atoms with Crippen LogP contribution in [0.25, 0.3) is 0 Å². The molecule has 5 N–H and O–H groups in total. The molecule has 5 atom stereocenters. The van der Waals surface area contributed by atoms with Crippen molar-refractivity contribution in [3.63, 3.8) is 0 Å². The highest BCUT2D eigenvalue weighted by Gasteiger charge is 2.23. The van der Waals surface area contributed by atoms with Crippen molar-refractivity contribution in [2.24, 2.45) is 11.7 Å². The van der Waals surface area contributed by atoms with Crippen LogP contribution in [0.15, 0.2) is 71.5 Å². The molecule has 0 aromatic carbocycles. The van der Waals surface area contributed by atoms with E-state index in [1.807, 2.05) is 58.9 Å². The van der Waals surface area contributed by atoms with E-state index in [0.717, 1.165) is 16.7 Å². The van der Waals surface area contributed by atoms with Gasteiger partial charge in [-0.05, 0) is 78.7 Å². The number of ether oxygens (including phenoxy) is 2. The molecule has 0 saturated carbocycles. The van der Waals surface area contributed by atoms with Crippen molar-refractivity contribution in [1.29, 1.82) is 0 Å². The number of primary amides is 1. The molecule has 9 nitrogen and oxygen atoms in total. The summed E-state index contributed by atoms with van der Waals surface area (Å²) in [6.07, 6.45) is 16.0. The summed E-state index contributed by atoms with van der Waals surface area (Å²) < 4.78 is 11.0. The van der Waals surface area contributed by atoms with Crippen molar-refractivity contribution in [2.45, 2.75) is 110 Å². The second-order valence-corrected chi connectivity index (χ2v) is 11.1. The lowest BCUT2D eigenvalue weighted by Crippen LogP contribution is -2.34. The van der Waals surface area contributed by atoms with Gasteiger partial charge in [0.1, 0.15) is 12.2 Å². The van der Waals surface area contributed by atoms with Crippen LogP contribution in [0.1, 0.15) is 86.0 Å². The zero-order valence-electron chi connectivity index (χ0n) is 25.8. The van der Waals surface area contributed by atoms with E-state index in [1.54, 1.807) is 18.4 Å². The van der Waals surface area contributed by atoms with Gasteiger partial charge in [0, 0.05) is 30.7 Å². The average Bonchev–Trinajstić information content (AvgIpc) is 2.89. The molecule has 0 unspecified atom stereocenters. The van der Waals surface area contributed by atoms with Crippen molar-refractivity contribution >= 4 is 18.0 Å². The number of amides is 2. The molecule has 0 spiro atoms. The van der Waals surface area contributed by atoms with Gasteiger partial charge in [0.2, 0.25) is 5.91 Å². The first-order valence-electron chi connectivity index (χ1n) is 14.7. The monoisotopic (exact) mass is 586 g/mol. The number of rotatable bonds is 6. The first kappa shape index (κ1) is 36.6. The highest BCUT2D eigenvalue weighted by molar-refractivity contribution is 5.88. The summed E-state index contributed by atoms with van der Waals surface area (Å²) >= 11 is 0. The Morgan fingerprint density at radius 2 is 1.86 bits per heavy atom. The zero-order valence-corrected chi connectivity index (χ0v) is 25.8. The summed E-state index contributed by atoms with van der Waals surface area (Å²) in [6, 6.07) is 0. The largest absolute Gasteiger partial charge is 0.458 e. The van der Waals surface area contributed by atoms with Gasteiger partial charge in [-0.3, -0.25) is 4.79 Å². The quantitative estimate of drug-likeness (QED) is 0.184. The molecule has 0 aliphatic carbocycles. The van der Waals surface area contributed by atoms with Gasteiger partial charge < -0.3 is 30.7 Å². The van der Waals surface area contributed by atoms with Gasteiger partial charge in [-0.1, -0.05) is 54.0 Å². The van der Waals surface area contributed by atoms with E-state index >= 15 is 0 Å². The van der Waals surface area contributed by atoms with Gasteiger partial charge in [0.15, 0.2) is 0 Å². The average molecular weight is 587 g/mol. The van der Waals surface area contributed by atoms with Crippen LogP contribution in [0, 0.1) is 5.92 Å². The molecule has 2 amide bonds. The summed E-state index contributed by atoms with van der Waals surface area (Å²) in [7, 11) is 0. The van der Waals surface area contributed by atoms with Crippen LogP contribution in [0.4, 0.5) is 4.79 Å². The van der Waals surface area contributed by atoms with Crippen LogP contribution >= 0.6 is 0 Å². The number of hydrogen-bond acceptors (Lipinski definition) is 7. The lowest BCUT2D eigenvalue weighted by molar-refractivity contribution is -0.144. The van der Waals surface area contributed by atoms with Crippen LogP contribution < -0.4 is 11.1 Å². The van der Waals surface area contributed by atoms with Gasteiger partial charge in [0.05, 0.1) is 12.2 Å². The Labute approximate surface area is 250 Å². The fourth-order valence-electron chi connectivity index (χ4n) is 4.46. The van der Waals surface area contributed by atoms with Gasteiger partial charge in [-0.2, -0.15) is 0 Å². The predicted molar refractivity (Wildman–Crippen MR) is 165 cm³/mol. The molecular formula is C33H50N2O7. The Balaban J connectivity index is 3.07. The number of carbonyl (C=O) groups is 3. The van der Waals surface area contributed by atoms with Crippen molar-refractivity contribution in [3.05, 3.63) is 71.5 Å². The van der Waals surface area contributed by atoms with E-state index in [9.17, 15) is 24.6 Å². The van der Waals surface area contributed by atoms with E-state index in [0.29, 0.717) is 44.9 Å². The number of carbonyl (C=O) groups excluding carboxylic acids is 3. The van der Waals surface area contributed by atoms with Crippen molar-refractivity contribution in [3.8, 4) is 0 Å². The molecule has 42 heavy (non-hydrogen) atoms. The van der Waals surface area contributed by atoms with Crippen LogP contribution in [0.3, 0.4) is 0 Å². The number of nitrogens with two attached hydrogens (primary N) is 1.